The molecule has 3 nitrogen and oxygen atoms in total. The van der Waals surface area contributed by atoms with E-state index in [1.54, 1.807) is 0 Å². The summed E-state index contributed by atoms with van der Waals surface area (Å²) in [4.78, 5) is 10.1. The molecule has 0 saturated carbocycles. The molecule has 0 aromatic heterocycles. The fraction of sp³-hybridized carbons (Fsp3) is 0.833. The number of aldehydes is 1. The molecule has 0 aromatic carbocycles. The zero-order valence-electron chi connectivity index (χ0n) is 5.25. The summed E-state index contributed by atoms with van der Waals surface area (Å²) < 4.78 is 5.17. The Morgan fingerprint density at radius 2 is 2.44 bits per heavy atom. The molecule has 0 bridgehead atoms. The van der Waals surface area contributed by atoms with Crippen LogP contribution in [0, 0.1) is 0 Å². The highest BCUT2D eigenvalue weighted by atomic mass is 16.5. The third-order valence-electron chi connectivity index (χ3n) is 1.56. The van der Waals surface area contributed by atoms with Crippen molar-refractivity contribution in [3.63, 3.8) is 0 Å². The van der Waals surface area contributed by atoms with Crippen molar-refractivity contribution in [3.05, 3.63) is 0 Å². The molecular formula is C6H11NO2. The van der Waals surface area contributed by atoms with E-state index < -0.39 is 0 Å². The number of rotatable bonds is 2. The van der Waals surface area contributed by atoms with Crippen LogP contribution < -0.4 is 5.73 Å². The fourth-order valence-corrected chi connectivity index (χ4v) is 1.01. The highest BCUT2D eigenvalue weighted by Gasteiger charge is 2.22. The molecule has 1 aliphatic heterocycles. The number of hydrogen-bond acceptors (Lipinski definition) is 3. The molecule has 0 aromatic rings. The van der Waals surface area contributed by atoms with Crippen LogP contribution in [-0.4, -0.2) is 25.0 Å². The van der Waals surface area contributed by atoms with Crippen molar-refractivity contribution in [1.29, 1.82) is 0 Å². The van der Waals surface area contributed by atoms with Crippen molar-refractivity contribution in [2.24, 2.45) is 5.73 Å². The second-order valence-corrected chi connectivity index (χ2v) is 2.25. The Morgan fingerprint density at radius 3 is 2.78 bits per heavy atom. The van der Waals surface area contributed by atoms with E-state index in [0.29, 0.717) is 6.54 Å². The predicted molar refractivity (Wildman–Crippen MR) is 33.0 cm³/mol. The van der Waals surface area contributed by atoms with Gasteiger partial charge in [-0.3, -0.25) is 0 Å². The molecule has 0 aliphatic carbocycles. The number of hydrogen-bond donors (Lipinski definition) is 1. The van der Waals surface area contributed by atoms with E-state index in [4.69, 9.17) is 10.5 Å². The smallest absolute Gasteiger partial charge is 0.148 e. The van der Waals surface area contributed by atoms with Crippen LogP contribution >= 0.6 is 0 Å². The van der Waals surface area contributed by atoms with Gasteiger partial charge in [0.05, 0.1) is 6.10 Å². The minimum atomic E-state index is -0.182. The molecule has 0 radical (unpaired) electrons. The quantitative estimate of drug-likeness (QED) is 0.520. The summed E-state index contributed by atoms with van der Waals surface area (Å²) in [5, 5.41) is 0. The van der Waals surface area contributed by atoms with Crippen LogP contribution in [0.1, 0.15) is 12.8 Å². The summed E-state index contributed by atoms with van der Waals surface area (Å²) in [6, 6.07) is 0. The van der Waals surface area contributed by atoms with Crippen molar-refractivity contribution < 1.29 is 9.53 Å². The SMILES string of the molecule is NC[C@H]1CC[C@@H](C=O)O1. The molecule has 0 spiro atoms. The van der Waals surface area contributed by atoms with Crippen LogP contribution in [-0.2, 0) is 9.53 Å². The van der Waals surface area contributed by atoms with Gasteiger partial charge in [-0.2, -0.15) is 0 Å². The second kappa shape index (κ2) is 2.94. The first-order chi connectivity index (χ1) is 4.36. The molecular weight excluding hydrogens is 118 g/mol. The monoisotopic (exact) mass is 129 g/mol. The zero-order valence-corrected chi connectivity index (χ0v) is 5.25. The van der Waals surface area contributed by atoms with Gasteiger partial charge in [-0.05, 0) is 12.8 Å². The summed E-state index contributed by atoms with van der Waals surface area (Å²) in [7, 11) is 0. The largest absolute Gasteiger partial charge is 0.366 e. The maximum atomic E-state index is 10.1. The number of nitrogens with two attached hydrogens (primary N) is 1. The van der Waals surface area contributed by atoms with Crippen LogP contribution in [0.25, 0.3) is 0 Å². The number of ether oxygens (including phenoxy) is 1. The molecule has 1 heterocycles. The summed E-state index contributed by atoms with van der Waals surface area (Å²) in [5.74, 6) is 0. The topological polar surface area (TPSA) is 52.3 Å². The molecule has 9 heavy (non-hydrogen) atoms. The lowest BCUT2D eigenvalue weighted by atomic mass is 10.2. The van der Waals surface area contributed by atoms with Crippen molar-refractivity contribution >= 4 is 6.29 Å². The first-order valence-electron chi connectivity index (χ1n) is 3.17. The normalized spacial score (nSPS) is 34.8. The third kappa shape index (κ3) is 1.50. The van der Waals surface area contributed by atoms with Gasteiger partial charge in [0.25, 0.3) is 0 Å². The second-order valence-electron chi connectivity index (χ2n) is 2.25. The molecule has 0 unspecified atom stereocenters. The Kier molecular flexibility index (Phi) is 2.19. The molecule has 1 rings (SSSR count). The first-order valence-corrected chi connectivity index (χ1v) is 3.17. The molecule has 2 atom stereocenters. The Balaban J connectivity index is 2.28. The van der Waals surface area contributed by atoms with Crippen LogP contribution in [0.15, 0.2) is 0 Å². The van der Waals surface area contributed by atoms with Crippen LogP contribution in [0.5, 0.6) is 0 Å². The average molecular weight is 129 g/mol. The van der Waals surface area contributed by atoms with Gasteiger partial charge in [-0.25, -0.2) is 0 Å². The Morgan fingerprint density at radius 1 is 1.67 bits per heavy atom. The lowest BCUT2D eigenvalue weighted by molar-refractivity contribution is -0.117. The predicted octanol–water partition coefficient (Wildman–Crippen LogP) is -0.308. The Bertz CT molecular complexity index is 105. The Labute approximate surface area is 54.2 Å². The van der Waals surface area contributed by atoms with Gasteiger partial charge in [0.15, 0.2) is 0 Å². The van der Waals surface area contributed by atoms with Crippen molar-refractivity contribution in [2.75, 3.05) is 6.54 Å². The highest BCUT2D eigenvalue weighted by Crippen LogP contribution is 2.16. The molecule has 1 saturated heterocycles. The molecule has 2 N–H and O–H groups in total. The Hall–Kier alpha value is -0.410. The maximum absolute atomic E-state index is 10.1. The summed E-state index contributed by atoms with van der Waals surface area (Å²) in [6.07, 6.45) is 2.56. The van der Waals surface area contributed by atoms with Crippen LogP contribution in [0.4, 0.5) is 0 Å². The van der Waals surface area contributed by atoms with Crippen molar-refractivity contribution in [2.45, 2.75) is 25.0 Å². The molecule has 3 heteroatoms. The van der Waals surface area contributed by atoms with Gasteiger partial charge in [-0.15, -0.1) is 0 Å². The molecule has 52 valence electrons. The summed E-state index contributed by atoms with van der Waals surface area (Å²) in [5.41, 5.74) is 5.31. The summed E-state index contributed by atoms with van der Waals surface area (Å²) >= 11 is 0. The van der Waals surface area contributed by atoms with Gasteiger partial charge in [-0.1, -0.05) is 0 Å². The number of carbonyl (C=O) groups excluding carboxylic acids is 1. The minimum absolute atomic E-state index is 0.125. The molecule has 1 fully saturated rings. The highest BCUT2D eigenvalue weighted by molar-refractivity contribution is 5.56. The van der Waals surface area contributed by atoms with Crippen LogP contribution in [0.3, 0.4) is 0 Å². The van der Waals surface area contributed by atoms with E-state index in [2.05, 4.69) is 0 Å². The average Bonchev–Trinajstić information content (AvgIpc) is 2.34. The van der Waals surface area contributed by atoms with Gasteiger partial charge in [0.2, 0.25) is 0 Å². The van der Waals surface area contributed by atoms with Gasteiger partial charge < -0.3 is 15.3 Å². The van der Waals surface area contributed by atoms with E-state index in [1.165, 1.54) is 0 Å². The van der Waals surface area contributed by atoms with E-state index >= 15 is 0 Å². The van der Waals surface area contributed by atoms with E-state index in [9.17, 15) is 4.79 Å². The third-order valence-corrected chi connectivity index (χ3v) is 1.56. The minimum Gasteiger partial charge on any atom is -0.366 e. The van der Waals surface area contributed by atoms with Crippen molar-refractivity contribution in [3.8, 4) is 0 Å². The number of carbonyl (C=O) groups is 1. The lowest BCUT2D eigenvalue weighted by Gasteiger charge is -2.04. The van der Waals surface area contributed by atoms with E-state index in [1.807, 2.05) is 0 Å². The molecule has 1 aliphatic rings. The lowest BCUT2D eigenvalue weighted by Crippen LogP contribution is -2.20. The maximum Gasteiger partial charge on any atom is 0.148 e. The fourth-order valence-electron chi connectivity index (χ4n) is 1.01. The molecule has 0 amide bonds. The van der Waals surface area contributed by atoms with Crippen molar-refractivity contribution in [1.82, 2.24) is 0 Å². The van der Waals surface area contributed by atoms with Gasteiger partial charge in [0.1, 0.15) is 12.4 Å². The van der Waals surface area contributed by atoms with Gasteiger partial charge >= 0.3 is 0 Å². The standard InChI is InChI=1S/C6H11NO2/c7-3-5-1-2-6(4-8)9-5/h4-6H,1-3,7H2/t5-,6+/m1/s1. The van der Waals surface area contributed by atoms with E-state index in [-0.39, 0.29) is 12.2 Å². The zero-order chi connectivity index (χ0) is 6.69. The first kappa shape index (κ1) is 6.71. The van der Waals surface area contributed by atoms with Crippen LogP contribution in [0.2, 0.25) is 0 Å². The van der Waals surface area contributed by atoms with E-state index in [0.717, 1.165) is 19.1 Å². The summed E-state index contributed by atoms with van der Waals surface area (Å²) in [6.45, 7) is 0.532. The van der Waals surface area contributed by atoms with Gasteiger partial charge in [0, 0.05) is 6.54 Å².